The Hall–Kier alpha value is -0.590. The minimum atomic E-state index is 0.249. The van der Waals surface area contributed by atoms with Crippen molar-refractivity contribution in [2.75, 3.05) is 0 Å². The maximum Gasteiger partial charge on any atom is 0.155 e. The first-order chi connectivity index (χ1) is 4.20. The topological polar surface area (TPSA) is 17.1 Å². The summed E-state index contributed by atoms with van der Waals surface area (Å²) in [6.07, 6.45) is 4.24. The highest BCUT2D eigenvalue weighted by Crippen LogP contribution is 2.23. The Morgan fingerprint density at radius 2 is 2.44 bits per heavy atom. The molecule has 0 heterocycles. The van der Waals surface area contributed by atoms with Crippen molar-refractivity contribution in [1.82, 2.24) is 0 Å². The lowest BCUT2D eigenvalue weighted by Crippen LogP contribution is -1.90. The fourth-order valence-corrected chi connectivity index (χ4v) is 1.19. The molecule has 0 aromatic rings. The molecule has 0 unspecified atom stereocenters. The smallest absolute Gasteiger partial charge is 0.155 e. The van der Waals surface area contributed by atoms with Crippen LogP contribution in [0.2, 0.25) is 0 Å². The van der Waals surface area contributed by atoms with Crippen LogP contribution in [0.3, 0.4) is 0 Å². The molecular formula is C8H12O. The molecule has 1 heteroatoms. The lowest BCUT2D eigenvalue weighted by atomic mass is 10.2. The van der Waals surface area contributed by atoms with E-state index in [-0.39, 0.29) is 5.78 Å². The number of ketones is 1. The van der Waals surface area contributed by atoms with Gasteiger partial charge in [0.05, 0.1) is 0 Å². The van der Waals surface area contributed by atoms with Gasteiger partial charge in [0.1, 0.15) is 0 Å². The molecule has 9 heavy (non-hydrogen) atoms. The number of carbonyl (C=O) groups excluding carboxylic acids is 1. The van der Waals surface area contributed by atoms with Crippen molar-refractivity contribution < 1.29 is 4.79 Å². The van der Waals surface area contributed by atoms with Crippen molar-refractivity contribution in [3.8, 4) is 0 Å². The zero-order chi connectivity index (χ0) is 6.85. The van der Waals surface area contributed by atoms with E-state index in [4.69, 9.17) is 0 Å². The third-order valence-electron chi connectivity index (χ3n) is 1.81. The number of rotatable bonds is 1. The number of hydrogen-bond acceptors (Lipinski definition) is 1. The van der Waals surface area contributed by atoms with Crippen LogP contribution in [0.5, 0.6) is 0 Å². The monoisotopic (exact) mass is 124 g/mol. The molecule has 0 aromatic carbocycles. The molecule has 1 atom stereocenters. The first kappa shape index (κ1) is 6.53. The zero-order valence-electron chi connectivity index (χ0n) is 5.98. The molecule has 0 aromatic heterocycles. The highest BCUT2D eigenvalue weighted by atomic mass is 16.1. The molecule has 50 valence electrons. The Morgan fingerprint density at radius 1 is 1.78 bits per heavy atom. The van der Waals surface area contributed by atoms with Crippen LogP contribution >= 0.6 is 0 Å². The average molecular weight is 124 g/mol. The summed E-state index contributed by atoms with van der Waals surface area (Å²) >= 11 is 0. The van der Waals surface area contributed by atoms with Crippen molar-refractivity contribution in [3.63, 3.8) is 0 Å². The van der Waals surface area contributed by atoms with E-state index >= 15 is 0 Å². The van der Waals surface area contributed by atoms with E-state index in [1.165, 1.54) is 0 Å². The third-order valence-corrected chi connectivity index (χ3v) is 1.81. The lowest BCUT2D eigenvalue weighted by molar-refractivity contribution is -0.113. The minimum absolute atomic E-state index is 0.249. The summed E-state index contributed by atoms with van der Waals surface area (Å²) in [4.78, 5) is 10.7. The molecule has 1 aliphatic carbocycles. The van der Waals surface area contributed by atoms with Crippen LogP contribution in [-0.4, -0.2) is 5.78 Å². The number of carbonyl (C=O) groups is 1. The molecule has 0 aliphatic heterocycles. The second kappa shape index (κ2) is 2.34. The molecular weight excluding hydrogens is 112 g/mol. The van der Waals surface area contributed by atoms with E-state index in [2.05, 4.69) is 13.0 Å². The average Bonchev–Trinajstić information content (AvgIpc) is 2.14. The van der Waals surface area contributed by atoms with Gasteiger partial charge in [-0.25, -0.2) is 0 Å². The van der Waals surface area contributed by atoms with Gasteiger partial charge in [0.2, 0.25) is 0 Å². The van der Waals surface area contributed by atoms with Gasteiger partial charge in [-0.15, -0.1) is 0 Å². The summed E-state index contributed by atoms with van der Waals surface area (Å²) in [5.74, 6) is 0.878. The van der Waals surface area contributed by atoms with E-state index in [1.54, 1.807) is 6.92 Å². The normalized spacial score (nSPS) is 26.0. The molecule has 1 rings (SSSR count). The van der Waals surface area contributed by atoms with Crippen LogP contribution in [0.4, 0.5) is 0 Å². The number of allylic oxidation sites excluding steroid dienone is 2. The lowest BCUT2D eigenvalue weighted by Gasteiger charge is -1.89. The van der Waals surface area contributed by atoms with E-state index in [0.717, 1.165) is 18.4 Å². The van der Waals surface area contributed by atoms with Crippen LogP contribution in [0, 0.1) is 5.92 Å². The fraction of sp³-hybridized carbons (Fsp3) is 0.625. The fourth-order valence-electron chi connectivity index (χ4n) is 1.19. The number of hydrogen-bond donors (Lipinski definition) is 0. The Morgan fingerprint density at radius 3 is 2.67 bits per heavy atom. The van der Waals surface area contributed by atoms with Gasteiger partial charge in [0, 0.05) is 0 Å². The van der Waals surface area contributed by atoms with Crippen LogP contribution in [-0.2, 0) is 4.79 Å². The summed E-state index contributed by atoms with van der Waals surface area (Å²) in [5, 5.41) is 0. The molecule has 1 aliphatic rings. The van der Waals surface area contributed by atoms with Crippen molar-refractivity contribution in [2.45, 2.75) is 26.7 Å². The highest BCUT2D eigenvalue weighted by Gasteiger charge is 2.13. The summed E-state index contributed by atoms with van der Waals surface area (Å²) < 4.78 is 0. The summed E-state index contributed by atoms with van der Waals surface area (Å²) in [6, 6.07) is 0. The molecule has 0 saturated carbocycles. The van der Waals surface area contributed by atoms with E-state index < -0.39 is 0 Å². The van der Waals surface area contributed by atoms with Gasteiger partial charge in [-0.3, -0.25) is 4.79 Å². The largest absolute Gasteiger partial charge is 0.295 e. The van der Waals surface area contributed by atoms with Crippen LogP contribution in [0.1, 0.15) is 26.7 Å². The van der Waals surface area contributed by atoms with Gasteiger partial charge in [-0.1, -0.05) is 13.0 Å². The molecule has 0 amide bonds. The van der Waals surface area contributed by atoms with Gasteiger partial charge < -0.3 is 0 Å². The standard InChI is InChI=1S/C8H12O/c1-6-3-4-8(5-6)7(2)9/h5-6H,3-4H2,1-2H3/t6-/m0/s1. The minimum Gasteiger partial charge on any atom is -0.295 e. The molecule has 0 fully saturated rings. The molecule has 0 saturated heterocycles. The van der Waals surface area contributed by atoms with Gasteiger partial charge >= 0.3 is 0 Å². The van der Waals surface area contributed by atoms with Crippen LogP contribution in [0.25, 0.3) is 0 Å². The second-order valence-electron chi connectivity index (χ2n) is 2.76. The van der Waals surface area contributed by atoms with E-state index in [9.17, 15) is 4.79 Å². The van der Waals surface area contributed by atoms with E-state index in [1.807, 2.05) is 0 Å². The van der Waals surface area contributed by atoms with Crippen molar-refractivity contribution in [2.24, 2.45) is 5.92 Å². The van der Waals surface area contributed by atoms with Gasteiger partial charge in [0.15, 0.2) is 5.78 Å². The number of Topliss-reactive ketones (excluding diaryl/α,β-unsaturated/α-hetero) is 1. The molecule has 1 nitrogen and oxygen atoms in total. The Balaban J connectivity index is 2.62. The van der Waals surface area contributed by atoms with Gasteiger partial charge in [0.25, 0.3) is 0 Å². The van der Waals surface area contributed by atoms with Crippen molar-refractivity contribution >= 4 is 5.78 Å². The Labute approximate surface area is 55.8 Å². The second-order valence-corrected chi connectivity index (χ2v) is 2.76. The van der Waals surface area contributed by atoms with Crippen molar-refractivity contribution in [3.05, 3.63) is 11.6 Å². The summed E-state index contributed by atoms with van der Waals surface area (Å²) in [5.41, 5.74) is 1.03. The van der Waals surface area contributed by atoms with E-state index in [0.29, 0.717) is 5.92 Å². The zero-order valence-corrected chi connectivity index (χ0v) is 5.98. The first-order valence-electron chi connectivity index (χ1n) is 3.42. The SMILES string of the molecule is CC(=O)C1=C[C@@H](C)CC1. The van der Waals surface area contributed by atoms with Crippen LogP contribution in [0.15, 0.2) is 11.6 Å². The molecule has 0 spiro atoms. The van der Waals surface area contributed by atoms with Crippen LogP contribution < -0.4 is 0 Å². The predicted octanol–water partition coefficient (Wildman–Crippen LogP) is 1.93. The summed E-state index contributed by atoms with van der Waals surface area (Å²) in [7, 11) is 0. The van der Waals surface area contributed by atoms with Gasteiger partial charge in [-0.2, -0.15) is 0 Å². The summed E-state index contributed by atoms with van der Waals surface area (Å²) in [6.45, 7) is 3.79. The Kier molecular flexibility index (Phi) is 1.70. The predicted molar refractivity (Wildman–Crippen MR) is 37.2 cm³/mol. The Bertz CT molecular complexity index is 156. The quantitative estimate of drug-likeness (QED) is 0.522. The molecule has 0 radical (unpaired) electrons. The molecule has 0 bridgehead atoms. The molecule has 0 N–H and O–H groups in total. The van der Waals surface area contributed by atoms with Gasteiger partial charge in [-0.05, 0) is 31.3 Å². The van der Waals surface area contributed by atoms with Crippen molar-refractivity contribution in [1.29, 1.82) is 0 Å². The maximum absolute atomic E-state index is 10.7. The highest BCUT2D eigenvalue weighted by molar-refractivity contribution is 5.93. The maximum atomic E-state index is 10.7. The first-order valence-corrected chi connectivity index (χ1v) is 3.42. The third kappa shape index (κ3) is 1.41.